The van der Waals surface area contributed by atoms with Gasteiger partial charge in [0.1, 0.15) is 6.10 Å². The maximum Gasteiger partial charge on any atom is 0.253 e. The van der Waals surface area contributed by atoms with E-state index in [-0.39, 0.29) is 12.0 Å². The predicted molar refractivity (Wildman–Crippen MR) is 82.1 cm³/mol. The number of carbonyl (C=O) groups is 1. The predicted octanol–water partition coefficient (Wildman–Crippen LogP) is 1.99. The Morgan fingerprint density at radius 1 is 1.43 bits per heavy atom. The van der Waals surface area contributed by atoms with Crippen LogP contribution in [0.4, 0.5) is 5.69 Å². The highest BCUT2D eigenvalue weighted by Gasteiger charge is 2.30. The van der Waals surface area contributed by atoms with Crippen LogP contribution in [0.1, 0.15) is 18.4 Å². The van der Waals surface area contributed by atoms with E-state index in [1.807, 2.05) is 31.2 Å². The van der Waals surface area contributed by atoms with Gasteiger partial charge in [0.15, 0.2) is 0 Å². The summed E-state index contributed by atoms with van der Waals surface area (Å²) in [5.41, 5.74) is 8.34. The summed E-state index contributed by atoms with van der Waals surface area (Å²) in [7, 11) is 0. The first kappa shape index (κ1) is 14.0. The summed E-state index contributed by atoms with van der Waals surface area (Å²) in [4.78, 5) is 16.7. The molecule has 1 aromatic carbocycles. The fraction of sp³-hybridized carbons (Fsp3) is 0.375. The number of rotatable bonds is 3. The SMILES string of the molecule is Cc1ccc(NC(=O)[C@@H]2CC[C@H](CN)O2)c2cccnc12. The van der Waals surface area contributed by atoms with Crippen LogP contribution >= 0.6 is 0 Å². The van der Waals surface area contributed by atoms with Gasteiger partial charge >= 0.3 is 0 Å². The Morgan fingerprint density at radius 3 is 3.05 bits per heavy atom. The molecule has 21 heavy (non-hydrogen) atoms. The molecule has 2 atom stereocenters. The second-order valence-corrected chi connectivity index (χ2v) is 5.38. The van der Waals surface area contributed by atoms with Crippen LogP contribution < -0.4 is 11.1 Å². The van der Waals surface area contributed by atoms with Crippen LogP contribution in [-0.2, 0) is 9.53 Å². The summed E-state index contributed by atoms with van der Waals surface area (Å²) in [6, 6.07) is 7.70. The molecule has 1 aromatic heterocycles. The molecule has 0 aliphatic carbocycles. The lowest BCUT2D eigenvalue weighted by atomic mass is 10.1. The fourth-order valence-corrected chi connectivity index (χ4v) is 2.71. The van der Waals surface area contributed by atoms with E-state index in [2.05, 4.69) is 10.3 Å². The molecule has 0 saturated carbocycles. The molecule has 2 aromatic rings. The molecule has 2 heterocycles. The summed E-state index contributed by atoms with van der Waals surface area (Å²) in [5, 5.41) is 3.90. The lowest BCUT2D eigenvalue weighted by molar-refractivity contribution is -0.126. The van der Waals surface area contributed by atoms with Crippen LogP contribution in [-0.4, -0.2) is 29.6 Å². The van der Waals surface area contributed by atoms with Crippen molar-refractivity contribution in [2.24, 2.45) is 5.73 Å². The molecule has 1 amide bonds. The van der Waals surface area contributed by atoms with Crippen molar-refractivity contribution >= 4 is 22.5 Å². The molecular formula is C16H19N3O2. The molecule has 0 bridgehead atoms. The highest BCUT2D eigenvalue weighted by Crippen LogP contribution is 2.26. The number of ether oxygens (including phenoxy) is 1. The van der Waals surface area contributed by atoms with Crippen molar-refractivity contribution in [3.8, 4) is 0 Å². The molecule has 110 valence electrons. The molecule has 3 N–H and O–H groups in total. The van der Waals surface area contributed by atoms with E-state index in [0.29, 0.717) is 6.54 Å². The van der Waals surface area contributed by atoms with Crippen LogP contribution in [0.2, 0.25) is 0 Å². The quantitative estimate of drug-likeness (QED) is 0.904. The van der Waals surface area contributed by atoms with Gasteiger partial charge in [-0.2, -0.15) is 0 Å². The number of benzene rings is 1. The minimum atomic E-state index is -0.411. The maximum atomic E-state index is 12.3. The molecule has 0 unspecified atom stereocenters. The van der Waals surface area contributed by atoms with E-state index < -0.39 is 6.10 Å². The monoisotopic (exact) mass is 285 g/mol. The third-order valence-corrected chi connectivity index (χ3v) is 3.89. The van der Waals surface area contributed by atoms with Gasteiger partial charge < -0.3 is 15.8 Å². The summed E-state index contributed by atoms with van der Waals surface area (Å²) < 4.78 is 5.63. The molecule has 1 aliphatic heterocycles. The van der Waals surface area contributed by atoms with Crippen LogP contribution in [0.25, 0.3) is 10.9 Å². The zero-order chi connectivity index (χ0) is 14.8. The Hall–Kier alpha value is -1.98. The van der Waals surface area contributed by atoms with Crippen LogP contribution in [0.3, 0.4) is 0 Å². The first-order valence-electron chi connectivity index (χ1n) is 7.20. The fourth-order valence-electron chi connectivity index (χ4n) is 2.71. The van der Waals surface area contributed by atoms with Crippen molar-refractivity contribution in [2.75, 3.05) is 11.9 Å². The number of hydrogen-bond acceptors (Lipinski definition) is 4. The number of amides is 1. The van der Waals surface area contributed by atoms with Gasteiger partial charge in [0.25, 0.3) is 5.91 Å². The number of nitrogens with zero attached hydrogens (tertiary/aromatic N) is 1. The summed E-state index contributed by atoms with van der Waals surface area (Å²) >= 11 is 0. The molecule has 5 heteroatoms. The smallest absolute Gasteiger partial charge is 0.253 e. The average molecular weight is 285 g/mol. The third-order valence-electron chi connectivity index (χ3n) is 3.89. The highest BCUT2D eigenvalue weighted by atomic mass is 16.5. The minimum Gasteiger partial charge on any atom is -0.364 e. The Labute approximate surface area is 123 Å². The normalized spacial score (nSPS) is 21.6. The van der Waals surface area contributed by atoms with Crippen molar-refractivity contribution in [3.05, 3.63) is 36.0 Å². The number of fused-ring (bicyclic) bond motifs is 1. The molecule has 5 nitrogen and oxygen atoms in total. The number of carbonyl (C=O) groups excluding carboxylic acids is 1. The molecular weight excluding hydrogens is 266 g/mol. The first-order chi connectivity index (χ1) is 10.2. The number of hydrogen-bond donors (Lipinski definition) is 2. The molecule has 0 spiro atoms. The van der Waals surface area contributed by atoms with Crippen LogP contribution in [0, 0.1) is 6.92 Å². The first-order valence-corrected chi connectivity index (χ1v) is 7.20. The zero-order valence-electron chi connectivity index (χ0n) is 12.0. The molecule has 1 aliphatic rings. The second kappa shape index (κ2) is 5.79. The Kier molecular flexibility index (Phi) is 3.86. The second-order valence-electron chi connectivity index (χ2n) is 5.38. The van der Waals surface area contributed by atoms with Crippen molar-refractivity contribution in [1.82, 2.24) is 4.98 Å². The number of nitrogens with two attached hydrogens (primary N) is 1. The van der Waals surface area contributed by atoms with Gasteiger partial charge in [-0.1, -0.05) is 6.07 Å². The average Bonchev–Trinajstić information content (AvgIpc) is 2.99. The topological polar surface area (TPSA) is 77.2 Å². The molecule has 1 fully saturated rings. The minimum absolute atomic E-state index is 0.00261. The number of nitrogens with one attached hydrogen (secondary N) is 1. The number of aryl methyl sites for hydroxylation is 1. The van der Waals surface area contributed by atoms with Crippen LogP contribution in [0.5, 0.6) is 0 Å². The Bertz CT molecular complexity index is 672. The van der Waals surface area contributed by atoms with Gasteiger partial charge in [-0.25, -0.2) is 0 Å². The van der Waals surface area contributed by atoms with Gasteiger partial charge in [0, 0.05) is 18.1 Å². The van der Waals surface area contributed by atoms with E-state index in [4.69, 9.17) is 10.5 Å². The van der Waals surface area contributed by atoms with Crippen molar-refractivity contribution < 1.29 is 9.53 Å². The van der Waals surface area contributed by atoms with E-state index in [1.54, 1.807) is 6.20 Å². The number of aromatic nitrogens is 1. The molecule has 1 saturated heterocycles. The van der Waals surface area contributed by atoms with Crippen molar-refractivity contribution in [3.63, 3.8) is 0 Å². The van der Waals surface area contributed by atoms with E-state index in [0.717, 1.165) is 35.0 Å². The van der Waals surface area contributed by atoms with Gasteiger partial charge in [-0.05, 0) is 43.5 Å². The Balaban J connectivity index is 1.82. The standard InChI is InChI=1S/C16H19N3O2/c1-10-4-6-13(12-3-2-8-18-15(10)12)19-16(20)14-7-5-11(9-17)21-14/h2-4,6,8,11,14H,5,7,9,17H2,1H3,(H,19,20)/t11-,14+/m1/s1. The third kappa shape index (κ3) is 2.75. The highest BCUT2D eigenvalue weighted by molar-refractivity contribution is 6.03. The van der Waals surface area contributed by atoms with Gasteiger partial charge in [-0.3, -0.25) is 9.78 Å². The summed E-state index contributed by atoms with van der Waals surface area (Å²) in [5.74, 6) is -0.111. The lowest BCUT2D eigenvalue weighted by Gasteiger charge is -2.14. The van der Waals surface area contributed by atoms with Crippen LogP contribution in [0.15, 0.2) is 30.5 Å². The number of anilines is 1. The molecule has 0 radical (unpaired) electrons. The summed E-state index contributed by atoms with van der Waals surface area (Å²) in [6.45, 7) is 2.47. The molecule has 3 rings (SSSR count). The van der Waals surface area contributed by atoms with E-state index >= 15 is 0 Å². The zero-order valence-corrected chi connectivity index (χ0v) is 12.0. The maximum absolute atomic E-state index is 12.3. The van der Waals surface area contributed by atoms with Gasteiger partial charge in [-0.15, -0.1) is 0 Å². The van der Waals surface area contributed by atoms with Gasteiger partial charge in [0.2, 0.25) is 0 Å². The van der Waals surface area contributed by atoms with Gasteiger partial charge in [0.05, 0.1) is 17.3 Å². The van der Waals surface area contributed by atoms with E-state index in [9.17, 15) is 4.79 Å². The van der Waals surface area contributed by atoms with Crippen molar-refractivity contribution in [1.29, 1.82) is 0 Å². The summed E-state index contributed by atoms with van der Waals surface area (Å²) in [6.07, 6.45) is 2.90. The Morgan fingerprint density at radius 2 is 2.29 bits per heavy atom. The van der Waals surface area contributed by atoms with Crippen molar-refractivity contribution in [2.45, 2.75) is 32.0 Å². The largest absolute Gasteiger partial charge is 0.364 e. The number of pyridine rings is 1. The van der Waals surface area contributed by atoms with E-state index in [1.165, 1.54) is 0 Å². The lowest BCUT2D eigenvalue weighted by Crippen LogP contribution is -2.29.